The molecule has 0 fully saturated rings. The summed E-state index contributed by atoms with van der Waals surface area (Å²) in [5.74, 6) is 0.113. The third-order valence-corrected chi connectivity index (χ3v) is 5.40. The summed E-state index contributed by atoms with van der Waals surface area (Å²) in [5, 5.41) is 22.5. The molecule has 0 aromatic carbocycles. The fraction of sp³-hybridized carbons (Fsp3) is 0.958. The van der Waals surface area contributed by atoms with Gasteiger partial charge < -0.3 is 32.4 Å². The second-order valence-electron chi connectivity index (χ2n) is 9.79. The average molecular weight is 466 g/mol. The van der Waals surface area contributed by atoms with Crippen LogP contribution in [0.4, 0.5) is 0 Å². The maximum Gasteiger partial charge on any atom is 0.220 e. The van der Waals surface area contributed by atoms with Crippen LogP contribution in [0.15, 0.2) is 0 Å². The summed E-state index contributed by atoms with van der Waals surface area (Å²) in [6.07, 6.45) is 14.3. The Morgan fingerprint density at radius 2 is 1.42 bits per heavy atom. The average Bonchev–Trinajstić information content (AvgIpc) is 2.64. The molecular weight excluding hydrogens is 414 g/mol. The second kappa shape index (κ2) is 21.4. The molecule has 0 aliphatic carbocycles. The lowest BCUT2D eigenvalue weighted by Gasteiger charge is -2.30. The number of quaternary nitrogens is 1. The van der Waals surface area contributed by atoms with Gasteiger partial charge in [0.25, 0.3) is 0 Å². The molecule has 0 aliphatic rings. The zero-order valence-corrected chi connectivity index (χ0v) is 21.6. The van der Waals surface area contributed by atoms with E-state index in [0.29, 0.717) is 43.6 Å². The third kappa shape index (κ3) is 24.1. The highest BCUT2D eigenvalue weighted by atomic mass is 35.5. The molecule has 0 saturated carbocycles. The highest BCUT2D eigenvalue weighted by Crippen LogP contribution is 2.11. The first-order valence-electron chi connectivity index (χ1n) is 12.4. The normalized spacial score (nSPS) is 12.6. The van der Waals surface area contributed by atoms with E-state index >= 15 is 0 Å². The van der Waals surface area contributed by atoms with Crippen molar-refractivity contribution in [3.8, 4) is 0 Å². The van der Waals surface area contributed by atoms with Crippen LogP contribution in [-0.4, -0.2) is 92.1 Å². The van der Waals surface area contributed by atoms with Gasteiger partial charge >= 0.3 is 0 Å². The molecule has 3 N–H and O–H groups in total. The Morgan fingerprint density at radius 3 is 1.90 bits per heavy atom. The zero-order chi connectivity index (χ0) is 22.7. The molecule has 0 spiro atoms. The van der Waals surface area contributed by atoms with E-state index in [1.807, 2.05) is 4.90 Å². The maximum atomic E-state index is 12.0. The first-order valence-corrected chi connectivity index (χ1v) is 12.4. The molecule has 1 atom stereocenters. The van der Waals surface area contributed by atoms with E-state index in [9.17, 15) is 15.0 Å². The molecular formula is C24H52ClN3O3. The van der Waals surface area contributed by atoms with Crippen molar-refractivity contribution in [1.82, 2.24) is 10.2 Å². The monoisotopic (exact) mass is 465 g/mol. The van der Waals surface area contributed by atoms with Crippen LogP contribution in [0, 0.1) is 0 Å². The van der Waals surface area contributed by atoms with Crippen LogP contribution in [0.1, 0.15) is 84.0 Å². The van der Waals surface area contributed by atoms with Crippen molar-refractivity contribution >= 4 is 5.91 Å². The van der Waals surface area contributed by atoms with Crippen LogP contribution in [0.5, 0.6) is 0 Å². The van der Waals surface area contributed by atoms with Crippen molar-refractivity contribution in [3.63, 3.8) is 0 Å². The van der Waals surface area contributed by atoms with Gasteiger partial charge in [0.1, 0.15) is 12.6 Å². The number of unbranched alkanes of at least 4 members (excludes halogenated alkanes) is 10. The number of likely N-dealkylation sites (N-methyl/N-ethyl adjacent to an activating group) is 1. The molecule has 0 rings (SSSR count). The molecule has 6 nitrogen and oxygen atoms in total. The van der Waals surface area contributed by atoms with Crippen molar-refractivity contribution in [2.45, 2.75) is 90.1 Å². The van der Waals surface area contributed by atoms with Gasteiger partial charge in [-0.2, -0.15) is 0 Å². The number of hydrogen-bond donors (Lipinski definition) is 3. The van der Waals surface area contributed by atoms with E-state index in [1.54, 1.807) is 0 Å². The quantitative estimate of drug-likeness (QED) is 0.167. The summed E-state index contributed by atoms with van der Waals surface area (Å²) >= 11 is 0. The summed E-state index contributed by atoms with van der Waals surface area (Å²) in [7, 11) is 6.15. The number of aliphatic hydroxyl groups excluding tert-OH is 2. The number of rotatable bonds is 21. The minimum atomic E-state index is -0.441. The molecule has 0 aromatic heterocycles. The van der Waals surface area contributed by atoms with Gasteiger partial charge in [-0.1, -0.05) is 71.1 Å². The minimum Gasteiger partial charge on any atom is -1.00 e. The zero-order valence-electron chi connectivity index (χ0n) is 20.9. The summed E-state index contributed by atoms with van der Waals surface area (Å²) in [4.78, 5) is 14.0. The lowest BCUT2D eigenvalue weighted by molar-refractivity contribution is -0.873. The topological polar surface area (TPSA) is 72.8 Å². The van der Waals surface area contributed by atoms with Gasteiger partial charge in [0, 0.05) is 32.6 Å². The SMILES string of the molecule is CCCCCCCCCCCCCC(=O)NCCN(CCO)CC(O)C[N+](C)(C)C.[Cl-]. The molecule has 0 bridgehead atoms. The van der Waals surface area contributed by atoms with Gasteiger partial charge in [0.15, 0.2) is 0 Å². The maximum absolute atomic E-state index is 12.0. The number of hydrogen-bond acceptors (Lipinski definition) is 4. The van der Waals surface area contributed by atoms with Gasteiger partial charge in [0.05, 0.1) is 27.7 Å². The van der Waals surface area contributed by atoms with E-state index in [1.165, 1.54) is 57.8 Å². The molecule has 0 aromatic rings. The van der Waals surface area contributed by atoms with Crippen molar-refractivity contribution in [1.29, 1.82) is 0 Å². The predicted molar refractivity (Wildman–Crippen MR) is 127 cm³/mol. The largest absolute Gasteiger partial charge is 1.00 e. The van der Waals surface area contributed by atoms with Crippen molar-refractivity contribution in [2.24, 2.45) is 0 Å². The van der Waals surface area contributed by atoms with Crippen LogP contribution in [0.25, 0.3) is 0 Å². The van der Waals surface area contributed by atoms with Gasteiger partial charge in [-0.25, -0.2) is 0 Å². The van der Waals surface area contributed by atoms with Crippen LogP contribution in [-0.2, 0) is 4.79 Å². The molecule has 0 aliphatic heterocycles. The Bertz CT molecular complexity index is 406. The summed E-state index contributed by atoms with van der Waals surface area (Å²) < 4.78 is 0.698. The number of amides is 1. The Labute approximate surface area is 198 Å². The first-order chi connectivity index (χ1) is 14.3. The Hall–Kier alpha value is -0.400. The van der Waals surface area contributed by atoms with Crippen molar-refractivity contribution in [3.05, 3.63) is 0 Å². The van der Waals surface area contributed by atoms with Gasteiger partial charge in [0.2, 0.25) is 5.91 Å². The van der Waals surface area contributed by atoms with E-state index in [4.69, 9.17) is 0 Å². The smallest absolute Gasteiger partial charge is 0.220 e. The summed E-state index contributed by atoms with van der Waals surface area (Å²) in [5.41, 5.74) is 0. The summed E-state index contributed by atoms with van der Waals surface area (Å²) in [6.45, 7) is 5.23. The van der Waals surface area contributed by atoms with Crippen LogP contribution < -0.4 is 17.7 Å². The van der Waals surface area contributed by atoms with E-state index in [2.05, 4.69) is 33.4 Å². The number of carbonyl (C=O) groups excluding carboxylic acids is 1. The second-order valence-corrected chi connectivity index (χ2v) is 9.79. The Balaban J connectivity index is 0. The molecule has 0 heterocycles. The van der Waals surface area contributed by atoms with Gasteiger partial charge in [-0.15, -0.1) is 0 Å². The van der Waals surface area contributed by atoms with Crippen molar-refractivity contribution in [2.75, 3.05) is 60.5 Å². The van der Waals surface area contributed by atoms with E-state index in [-0.39, 0.29) is 24.9 Å². The standard InChI is InChI=1S/C24H51N3O3.ClH/c1-5-6-7-8-9-10-11-12-13-14-15-16-24(30)25-17-18-26(19-20-28)21-23(29)22-27(2,3)4;/h23,28-29H,5-22H2,1-4H3;1H. The van der Waals surface area contributed by atoms with Crippen LogP contribution >= 0.6 is 0 Å². The molecule has 1 amide bonds. The highest BCUT2D eigenvalue weighted by Gasteiger charge is 2.18. The lowest BCUT2D eigenvalue weighted by Crippen LogP contribution is -3.00. The fourth-order valence-corrected chi connectivity index (χ4v) is 3.82. The number of nitrogens with zero attached hydrogens (tertiary/aromatic N) is 2. The molecule has 188 valence electrons. The highest BCUT2D eigenvalue weighted by molar-refractivity contribution is 5.75. The first kappa shape index (κ1) is 32.8. The molecule has 0 saturated heterocycles. The lowest BCUT2D eigenvalue weighted by atomic mass is 10.1. The van der Waals surface area contributed by atoms with Gasteiger partial charge in [-0.3, -0.25) is 9.69 Å². The number of carbonyl (C=O) groups is 1. The Kier molecular flexibility index (Phi) is 22.7. The number of nitrogens with one attached hydrogen (secondary N) is 1. The number of halogens is 1. The predicted octanol–water partition coefficient (Wildman–Crippen LogP) is 0.169. The minimum absolute atomic E-state index is 0. The molecule has 7 heteroatoms. The molecule has 31 heavy (non-hydrogen) atoms. The van der Waals surface area contributed by atoms with Crippen LogP contribution in [0.3, 0.4) is 0 Å². The van der Waals surface area contributed by atoms with E-state index < -0.39 is 6.10 Å². The molecule has 0 radical (unpaired) electrons. The fourth-order valence-electron chi connectivity index (χ4n) is 3.82. The van der Waals surface area contributed by atoms with E-state index in [0.717, 1.165) is 12.8 Å². The summed E-state index contributed by atoms with van der Waals surface area (Å²) in [6, 6.07) is 0. The van der Waals surface area contributed by atoms with Crippen molar-refractivity contribution < 1.29 is 31.9 Å². The Morgan fingerprint density at radius 1 is 0.903 bits per heavy atom. The van der Waals surface area contributed by atoms with Gasteiger partial charge in [-0.05, 0) is 6.42 Å². The molecule has 1 unspecified atom stereocenters. The van der Waals surface area contributed by atoms with Crippen LogP contribution in [0.2, 0.25) is 0 Å². The third-order valence-electron chi connectivity index (χ3n) is 5.40. The number of aliphatic hydroxyl groups is 2.